The average molecular weight is 348 g/mol. The first kappa shape index (κ1) is 17.6. The monoisotopic (exact) mass is 348 g/mol. The molecule has 6 nitrogen and oxygen atoms in total. The van der Waals surface area contributed by atoms with Crippen molar-refractivity contribution < 1.29 is 9.59 Å². The van der Waals surface area contributed by atoms with Gasteiger partial charge in [0.05, 0.1) is 17.3 Å². The minimum absolute atomic E-state index is 0.199. The summed E-state index contributed by atoms with van der Waals surface area (Å²) in [7, 11) is 0. The molecule has 2 amide bonds. The predicted molar refractivity (Wildman–Crippen MR) is 97.9 cm³/mol. The fourth-order valence-corrected chi connectivity index (χ4v) is 3.24. The molecule has 6 heteroatoms. The van der Waals surface area contributed by atoms with E-state index < -0.39 is 6.04 Å². The molecule has 0 bridgehead atoms. The first-order chi connectivity index (χ1) is 12.6. The lowest BCUT2D eigenvalue weighted by Crippen LogP contribution is -2.49. The summed E-state index contributed by atoms with van der Waals surface area (Å²) in [5.74, 6) is -0.579. The zero-order valence-corrected chi connectivity index (χ0v) is 14.3. The van der Waals surface area contributed by atoms with Crippen molar-refractivity contribution in [2.75, 3.05) is 11.9 Å². The SMILES string of the molecule is N#Cc1ccccc1NC(=O)CCN1Cc2ccccc2C[C@H]1C(N)=O. The number of anilines is 1. The van der Waals surface area contributed by atoms with Gasteiger partial charge in [-0.05, 0) is 29.7 Å². The van der Waals surface area contributed by atoms with Gasteiger partial charge in [-0.25, -0.2) is 0 Å². The lowest BCUT2D eigenvalue weighted by Gasteiger charge is -2.34. The van der Waals surface area contributed by atoms with Crippen LogP contribution < -0.4 is 11.1 Å². The molecule has 3 rings (SSSR count). The highest BCUT2D eigenvalue weighted by Gasteiger charge is 2.29. The minimum atomic E-state index is -0.413. The van der Waals surface area contributed by atoms with Crippen molar-refractivity contribution in [1.29, 1.82) is 5.26 Å². The number of nitrogens with zero attached hydrogens (tertiary/aromatic N) is 2. The average Bonchev–Trinajstić information content (AvgIpc) is 2.66. The van der Waals surface area contributed by atoms with Crippen LogP contribution in [0.1, 0.15) is 23.1 Å². The van der Waals surface area contributed by atoms with Crippen molar-refractivity contribution in [2.45, 2.75) is 25.4 Å². The summed E-state index contributed by atoms with van der Waals surface area (Å²) < 4.78 is 0. The number of amides is 2. The van der Waals surface area contributed by atoms with Gasteiger partial charge >= 0.3 is 0 Å². The number of primary amides is 1. The van der Waals surface area contributed by atoms with E-state index >= 15 is 0 Å². The van der Waals surface area contributed by atoms with E-state index in [1.165, 1.54) is 0 Å². The Morgan fingerprint density at radius 2 is 1.85 bits per heavy atom. The number of nitrogens with two attached hydrogens (primary N) is 1. The lowest BCUT2D eigenvalue weighted by molar-refractivity contribution is -0.125. The molecule has 1 aliphatic rings. The van der Waals surface area contributed by atoms with Crippen LogP contribution in [-0.4, -0.2) is 29.3 Å². The van der Waals surface area contributed by atoms with Crippen LogP contribution in [0.15, 0.2) is 48.5 Å². The van der Waals surface area contributed by atoms with Crippen LogP contribution in [0, 0.1) is 11.3 Å². The van der Waals surface area contributed by atoms with Gasteiger partial charge in [-0.2, -0.15) is 5.26 Å². The molecule has 1 heterocycles. The maximum absolute atomic E-state index is 12.3. The van der Waals surface area contributed by atoms with E-state index in [-0.39, 0.29) is 18.2 Å². The largest absolute Gasteiger partial charge is 0.368 e. The Balaban J connectivity index is 1.65. The third-order valence-electron chi connectivity index (χ3n) is 4.62. The summed E-state index contributed by atoms with van der Waals surface area (Å²) in [5.41, 5.74) is 8.76. The van der Waals surface area contributed by atoms with Gasteiger partial charge < -0.3 is 11.1 Å². The third-order valence-corrected chi connectivity index (χ3v) is 4.62. The number of carbonyl (C=O) groups excluding carboxylic acids is 2. The van der Waals surface area contributed by atoms with E-state index in [0.29, 0.717) is 30.8 Å². The molecule has 132 valence electrons. The molecular weight excluding hydrogens is 328 g/mol. The lowest BCUT2D eigenvalue weighted by atomic mass is 9.93. The second-order valence-corrected chi connectivity index (χ2v) is 6.32. The smallest absolute Gasteiger partial charge is 0.235 e. The van der Waals surface area contributed by atoms with Crippen molar-refractivity contribution >= 4 is 17.5 Å². The Bertz CT molecular complexity index is 872. The Morgan fingerprint density at radius 1 is 1.15 bits per heavy atom. The molecule has 26 heavy (non-hydrogen) atoms. The summed E-state index contributed by atoms with van der Waals surface area (Å²) in [6.07, 6.45) is 0.774. The second kappa shape index (κ2) is 7.81. The Labute approximate surface area is 152 Å². The van der Waals surface area contributed by atoms with E-state index in [9.17, 15) is 9.59 Å². The second-order valence-electron chi connectivity index (χ2n) is 6.32. The highest BCUT2D eigenvalue weighted by atomic mass is 16.2. The van der Waals surface area contributed by atoms with Crippen LogP contribution in [0.4, 0.5) is 5.69 Å². The highest BCUT2D eigenvalue weighted by Crippen LogP contribution is 2.23. The molecule has 0 radical (unpaired) electrons. The number of benzene rings is 2. The molecule has 0 spiro atoms. The number of hydrogen-bond acceptors (Lipinski definition) is 4. The first-order valence-corrected chi connectivity index (χ1v) is 8.47. The zero-order chi connectivity index (χ0) is 18.5. The number of hydrogen-bond donors (Lipinski definition) is 2. The summed E-state index contributed by atoms with van der Waals surface area (Å²) in [6, 6.07) is 16.5. The quantitative estimate of drug-likeness (QED) is 0.860. The molecule has 0 unspecified atom stereocenters. The van der Waals surface area contributed by atoms with E-state index in [1.807, 2.05) is 29.2 Å². The molecule has 3 N–H and O–H groups in total. The number of carbonyl (C=O) groups is 2. The Kier molecular flexibility index (Phi) is 5.30. The van der Waals surface area contributed by atoms with Gasteiger partial charge in [-0.3, -0.25) is 14.5 Å². The molecule has 0 fully saturated rings. The number of nitrogens with one attached hydrogen (secondary N) is 1. The molecule has 2 aromatic rings. The molecule has 0 aromatic heterocycles. The van der Waals surface area contributed by atoms with Gasteiger partial charge in [0.15, 0.2) is 0 Å². The molecule has 2 aromatic carbocycles. The fourth-order valence-electron chi connectivity index (χ4n) is 3.24. The van der Waals surface area contributed by atoms with Crippen molar-refractivity contribution in [1.82, 2.24) is 4.90 Å². The van der Waals surface area contributed by atoms with Gasteiger partial charge in [0.1, 0.15) is 6.07 Å². The third kappa shape index (κ3) is 3.90. The normalized spacial score (nSPS) is 16.3. The van der Waals surface area contributed by atoms with Gasteiger partial charge in [-0.15, -0.1) is 0 Å². The van der Waals surface area contributed by atoms with Crippen molar-refractivity contribution in [2.24, 2.45) is 5.73 Å². The maximum atomic E-state index is 12.3. The summed E-state index contributed by atoms with van der Waals surface area (Å²) in [6.45, 7) is 1.01. The van der Waals surface area contributed by atoms with Crippen LogP contribution in [0.5, 0.6) is 0 Å². The standard InChI is InChI=1S/C20H20N4O2/c21-12-15-6-3-4-8-17(15)23-19(25)9-10-24-13-16-7-2-1-5-14(16)11-18(24)20(22)26/h1-8,18H,9-11,13H2,(H2,22,26)(H,23,25)/t18-/m0/s1. The predicted octanol–water partition coefficient (Wildman–Crippen LogP) is 1.80. The highest BCUT2D eigenvalue weighted by molar-refractivity contribution is 5.92. The van der Waals surface area contributed by atoms with E-state index in [2.05, 4.69) is 11.4 Å². The van der Waals surface area contributed by atoms with Gasteiger partial charge in [-0.1, -0.05) is 36.4 Å². The summed E-state index contributed by atoms with van der Waals surface area (Å²) in [4.78, 5) is 26.1. The number of nitriles is 1. The zero-order valence-electron chi connectivity index (χ0n) is 14.3. The van der Waals surface area contributed by atoms with Crippen molar-refractivity contribution in [3.05, 3.63) is 65.2 Å². The molecular formula is C20H20N4O2. The summed E-state index contributed by atoms with van der Waals surface area (Å²) in [5, 5.41) is 11.9. The van der Waals surface area contributed by atoms with Crippen LogP contribution in [0.25, 0.3) is 0 Å². The van der Waals surface area contributed by atoms with Gasteiger partial charge in [0, 0.05) is 19.5 Å². The maximum Gasteiger partial charge on any atom is 0.235 e. The van der Waals surface area contributed by atoms with Crippen LogP contribution in [0.2, 0.25) is 0 Å². The van der Waals surface area contributed by atoms with Crippen LogP contribution in [-0.2, 0) is 22.6 Å². The molecule has 1 atom stereocenters. The topological polar surface area (TPSA) is 99.2 Å². The van der Waals surface area contributed by atoms with Crippen LogP contribution >= 0.6 is 0 Å². The Hall–Kier alpha value is -3.17. The van der Waals surface area contributed by atoms with E-state index in [4.69, 9.17) is 11.0 Å². The first-order valence-electron chi connectivity index (χ1n) is 8.47. The van der Waals surface area contributed by atoms with Crippen molar-refractivity contribution in [3.63, 3.8) is 0 Å². The Morgan fingerprint density at radius 3 is 2.58 bits per heavy atom. The molecule has 0 aliphatic carbocycles. The van der Waals surface area contributed by atoms with E-state index in [1.54, 1.807) is 24.3 Å². The number of para-hydroxylation sites is 1. The summed E-state index contributed by atoms with van der Waals surface area (Å²) >= 11 is 0. The minimum Gasteiger partial charge on any atom is -0.368 e. The van der Waals surface area contributed by atoms with Crippen molar-refractivity contribution in [3.8, 4) is 6.07 Å². The molecule has 0 saturated heterocycles. The van der Waals surface area contributed by atoms with Crippen LogP contribution in [0.3, 0.4) is 0 Å². The van der Waals surface area contributed by atoms with E-state index in [0.717, 1.165) is 11.1 Å². The molecule has 0 saturated carbocycles. The van der Waals surface area contributed by atoms with Gasteiger partial charge in [0.25, 0.3) is 0 Å². The molecule has 1 aliphatic heterocycles. The van der Waals surface area contributed by atoms with Gasteiger partial charge in [0.2, 0.25) is 11.8 Å². The fraction of sp³-hybridized carbons (Fsp3) is 0.250. The number of fused-ring (bicyclic) bond motifs is 1. The number of rotatable bonds is 5.